The Morgan fingerprint density at radius 2 is 1.72 bits per heavy atom. The number of nitrogens with zero attached hydrogens (tertiary/aromatic N) is 3. The fourth-order valence-corrected chi connectivity index (χ4v) is 4.11. The molecule has 1 atom stereocenters. The first-order chi connectivity index (χ1) is 17.2. The number of ether oxygens (including phenoxy) is 3. The van der Waals surface area contributed by atoms with Crippen LogP contribution in [0, 0.1) is 12.8 Å². The molecule has 2 aromatic carbocycles. The van der Waals surface area contributed by atoms with Crippen molar-refractivity contribution >= 4 is 0 Å². The van der Waals surface area contributed by atoms with E-state index in [2.05, 4.69) is 4.90 Å². The number of aryl methyl sites for hydroxylation is 1. The molecule has 7 heteroatoms. The minimum Gasteiger partial charge on any atom is -0.497 e. The first kappa shape index (κ1) is 26.2. The van der Waals surface area contributed by atoms with E-state index in [-0.39, 0.29) is 5.60 Å². The Hall–Kier alpha value is -2.87. The maximum absolute atomic E-state index is 10.8. The number of hydrogen-bond acceptors (Lipinski definition) is 6. The molecule has 4 rings (SSSR count). The molecule has 1 N–H and O–H groups in total. The van der Waals surface area contributed by atoms with E-state index in [0.29, 0.717) is 37.2 Å². The van der Waals surface area contributed by atoms with Crippen LogP contribution in [0.4, 0.5) is 0 Å². The molecule has 194 valence electrons. The summed E-state index contributed by atoms with van der Waals surface area (Å²) in [7, 11) is 1.65. The van der Waals surface area contributed by atoms with Crippen LogP contribution in [0.15, 0.2) is 54.6 Å². The van der Waals surface area contributed by atoms with Gasteiger partial charge in [-0.2, -0.15) is 5.10 Å². The second kappa shape index (κ2) is 11.5. The zero-order chi connectivity index (χ0) is 25.7. The lowest BCUT2D eigenvalue weighted by atomic mass is 10.2. The molecule has 0 radical (unpaired) electrons. The van der Waals surface area contributed by atoms with Gasteiger partial charge < -0.3 is 19.3 Å². The molecule has 1 aliphatic rings. The number of methoxy groups -OCH3 is 1. The zero-order valence-electron chi connectivity index (χ0n) is 22.1. The maximum atomic E-state index is 10.8. The van der Waals surface area contributed by atoms with E-state index in [9.17, 15) is 5.11 Å². The van der Waals surface area contributed by atoms with Crippen LogP contribution in [-0.2, 0) is 11.3 Å². The summed E-state index contributed by atoms with van der Waals surface area (Å²) in [5.41, 5.74) is 2.57. The highest BCUT2D eigenvalue weighted by atomic mass is 16.5. The zero-order valence-corrected chi connectivity index (χ0v) is 22.1. The molecular formula is C29H39N3O4. The largest absolute Gasteiger partial charge is 0.497 e. The van der Waals surface area contributed by atoms with Gasteiger partial charge in [0.1, 0.15) is 11.5 Å². The van der Waals surface area contributed by atoms with Crippen molar-refractivity contribution in [2.45, 2.75) is 58.8 Å². The Labute approximate surface area is 214 Å². The minimum atomic E-state index is -0.571. The summed E-state index contributed by atoms with van der Waals surface area (Å²) < 4.78 is 19.5. The summed E-state index contributed by atoms with van der Waals surface area (Å²) in [6, 6.07) is 17.6. The summed E-state index contributed by atoms with van der Waals surface area (Å²) in [6.45, 7) is 10.4. The third-order valence-corrected chi connectivity index (χ3v) is 6.18. The van der Waals surface area contributed by atoms with Crippen LogP contribution in [0.2, 0.25) is 0 Å². The lowest BCUT2D eigenvalue weighted by Crippen LogP contribution is -2.37. The SMILES string of the molecule is COc1ccc(Oc2c(CN(CC3CC3)C[C@@H](O)COC(C)(C)C)c(C)nn2-c2ccccc2)cc1. The van der Waals surface area contributed by atoms with Crippen LogP contribution in [0.25, 0.3) is 5.69 Å². The molecule has 1 aromatic heterocycles. The van der Waals surface area contributed by atoms with Gasteiger partial charge in [-0.05, 0) is 82.9 Å². The molecule has 3 aromatic rings. The summed E-state index contributed by atoms with van der Waals surface area (Å²) in [5, 5.41) is 15.6. The van der Waals surface area contributed by atoms with Crippen molar-refractivity contribution in [3.05, 3.63) is 65.9 Å². The summed E-state index contributed by atoms with van der Waals surface area (Å²) >= 11 is 0. The number of para-hydroxylation sites is 1. The third kappa shape index (κ3) is 7.32. The number of aliphatic hydroxyl groups is 1. The van der Waals surface area contributed by atoms with Gasteiger partial charge in [-0.25, -0.2) is 4.68 Å². The Morgan fingerprint density at radius 1 is 1.06 bits per heavy atom. The molecular weight excluding hydrogens is 454 g/mol. The van der Waals surface area contributed by atoms with E-state index in [0.717, 1.165) is 29.2 Å². The van der Waals surface area contributed by atoms with E-state index < -0.39 is 6.10 Å². The highest BCUT2D eigenvalue weighted by Gasteiger charge is 2.28. The van der Waals surface area contributed by atoms with Crippen molar-refractivity contribution in [3.8, 4) is 23.1 Å². The molecule has 0 bridgehead atoms. The highest BCUT2D eigenvalue weighted by molar-refractivity contribution is 5.44. The predicted octanol–water partition coefficient (Wildman–Crippen LogP) is 5.37. The van der Waals surface area contributed by atoms with Gasteiger partial charge in [0.05, 0.1) is 42.4 Å². The number of hydrogen-bond donors (Lipinski definition) is 1. The minimum absolute atomic E-state index is 0.283. The van der Waals surface area contributed by atoms with Crippen molar-refractivity contribution in [1.29, 1.82) is 0 Å². The number of benzene rings is 2. The molecule has 7 nitrogen and oxygen atoms in total. The van der Waals surface area contributed by atoms with Crippen molar-refractivity contribution < 1.29 is 19.3 Å². The topological polar surface area (TPSA) is 69.0 Å². The lowest BCUT2D eigenvalue weighted by Gasteiger charge is -2.27. The van der Waals surface area contributed by atoms with Crippen LogP contribution in [0.3, 0.4) is 0 Å². The van der Waals surface area contributed by atoms with Crippen molar-refractivity contribution in [1.82, 2.24) is 14.7 Å². The number of rotatable bonds is 12. The molecule has 0 aliphatic heterocycles. The Balaban J connectivity index is 1.61. The van der Waals surface area contributed by atoms with Crippen molar-refractivity contribution in [2.75, 3.05) is 26.8 Å². The average molecular weight is 494 g/mol. The summed E-state index contributed by atoms with van der Waals surface area (Å²) in [4.78, 5) is 2.31. The quantitative estimate of drug-likeness (QED) is 0.366. The van der Waals surface area contributed by atoms with E-state index in [1.807, 2.05) is 87.0 Å². The van der Waals surface area contributed by atoms with Gasteiger partial charge in [-0.3, -0.25) is 4.90 Å². The second-order valence-corrected chi connectivity index (χ2v) is 10.6. The summed E-state index contributed by atoms with van der Waals surface area (Å²) in [5.74, 6) is 2.85. The van der Waals surface area contributed by atoms with Gasteiger partial charge in [0, 0.05) is 19.6 Å². The van der Waals surface area contributed by atoms with Gasteiger partial charge in [-0.1, -0.05) is 18.2 Å². The molecule has 1 fully saturated rings. The molecule has 36 heavy (non-hydrogen) atoms. The summed E-state index contributed by atoms with van der Waals surface area (Å²) in [6.07, 6.45) is 1.91. The predicted molar refractivity (Wildman–Crippen MR) is 141 cm³/mol. The Morgan fingerprint density at radius 3 is 2.33 bits per heavy atom. The fourth-order valence-electron chi connectivity index (χ4n) is 4.11. The van der Waals surface area contributed by atoms with Crippen LogP contribution >= 0.6 is 0 Å². The molecule has 1 saturated carbocycles. The average Bonchev–Trinajstić information content (AvgIpc) is 3.62. The van der Waals surface area contributed by atoms with Gasteiger partial charge in [0.2, 0.25) is 5.88 Å². The molecule has 0 spiro atoms. The van der Waals surface area contributed by atoms with E-state index in [1.165, 1.54) is 12.8 Å². The molecule has 1 heterocycles. The van der Waals surface area contributed by atoms with E-state index in [1.54, 1.807) is 7.11 Å². The number of aromatic nitrogens is 2. The smallest absolute Gasteiger partial charge is 0.227 e. The Bertz CT molecular complexity index is 1100. The molecule has 0 saturated heterocycles. The van der Waals surface area contributed by atoms with E-state index in [4.69, 9.17) is 19.3 Å². The monoisotopic (exact) mass is 493 g/mol. The normalized spacial score (nSPS) is 14.8. The van der Waals surface area contributed by atoms with E-state index >= 15 is 0 Å². The third-order valence-electron chi connectivity index (χ3n) is 6.18. The maximum Gasteiger partial charge on any atom is 0.227 e. The first-order valence-electron chi connectivity index (χ1n) is 12.7. The second-order valence-electron chi connectivity index (χ2n) is 10.6. The molecule has 0 unspecified atom stereocenters. The number of aliphatic hydroxyl groups excluding tert-OH is 1. The van der Waals surface area contributed by atoms with Crippen molar-refractivity contribution in [2.24, 2.45) is 5.92 Å². The van der Waals surface area contributed by atoms with Gasteiger partial charge in [0.25, 0.3) is 0 Å². The Kier molecular flexibility index (Phi) is 8.34. The van der Waals surface area contributed by atoms with Gasteiger partial charge >= 0.3 is 0 Å². The van der Waals surface area contributed by atoms with Crippen LogP contribution in [0.5, 0.6) is 17.4 Å². The molecule has 0 amide bonds. The first-order valence-corrected chi connectivity index (χ1v) is 12.7. The fraction of sp³-hybridized carbons (Fsp3) is 0.483. The van der Waals surface area contributed by atoms with Crippen LogP contribution in [0.1, 0.15) is 44.9 Å². The standard InChI is InChI=1S/C29H39N3O4/c1-21-27(19-31(17-22-11-12-22)18-24(33)20-35-29(2,3)4)28(32(30-21)23-9-7-6-8-10-23)36-26-15-13-25(34-5)14-16-26/h6-10,13-16,22,24,33H,11-12,17-20H2,1-5H3/t24-/m1/s1. The highest BCUT2D eigenvalue weighted by Crippen LogP contribution is 2.34. The van der Waals surface area contributed by atoms with Crippen LogP contribution < -0.4 is 9.47 Å². The van der Waals surface area contributed by atoms with Gasteiger partial charge in [0.15, 0.2) is 0 Å². The van der Waals surface area contributed by atoms with Crippen molar-refractivity contribution in [3.63, 3.8) is 0 Å². The van der Waals surface area contributed by atoms with Gasteiger partial charge in [-0.15, -0.1) is 0 Å². The molecule has 1 aliphatic carbocycles. The lowest BCUT2D eigenvalue weighted by molar-refractivity contribution is -0.0569. The van der Waals surface area contributed by atoms with Crippen LogP contribution in [-0.4, -0.2) is 58.3 Å².